The van der Waals surface area contributed by atoms with Crippen molar-refractivity contribution in [1.82, 2.24) is 9.88 Å². The molecule has 0 aliphatic carbocycles. The van der Waals surface area contributed by atoms with Gasteiger partial charge in [-0.15, -0.1) is 0 Å². The number of piperidine rings is 1. The summed E-state index contributed by atoms with van der Waals surface area (Å²) in [7, 11) is 1.60. The number of carbonyl (C=O) groups is 2. The van der Waals surface area contributed by atoms with E-state index in [4.69, 9.17) is 21.1 Å². The van der Waals surface area contributed by atoms with E-state index in [1.165, 1.54) is 4.90 Å². The van der Waals surface area contributed by atoms with Crippen LogP contribution in [0.3, 0.4) is 0 Å². The lowest BCUT2D eigenvalue weighted by Crippen LogP contribution is -2.49. The van der Waals surface area contributed by atoms with Gasteiger partial charge in [0, 0.05) is 24.7 Å². The Labute approximate surface area is 193 Å². The molecular weight excluding hydrogens is 432 g/mol. The minimum absolute atomic E-state index is 0.107. The Morgan fingerprint density at radius 1 is 1.34 bits per heavy atom. The van der Waals surface area contributed by atoms with Crippen molar-refractivity contribution in [3.8, 4) is 5.75 Å². The van der Waals surface area contributed by atoms with Crippen LogP contribution in [0, 0.1) is 11.8 Å². The number of carboxylic acid groups (broad SMARTS) is 1. The number of fused-ring (bicyclic) bond motifs is 1. The van der Waals surface area contributed by atoms with Crippen LogP contribution < -0.4 is 4.74 Å². The van der Waals surface area contributed by atoms with E-state index in [1.807, 2.05) is 25.1 Å². The van der Waals surface area contributed by atoms with Crippen LogP contribution in [0.1, 0.15) is 52.0 Å². The van der Waals surface area contributed by atoms with Gasteiger partial charge >= 0.3 is 12.1 Å². The van der Waals surface area contributed by atoms with Crippen molar-refractivity contribution >= 4 is 34.6 Å². The van der Waals surface area contributed by atoms with Gasteiger partial charge in [-0.05, 0) is 69.2 Å². The fraction of sp³-hybridized carbons (Fsp3) is 0.542. The van der Waals surface area contributed by atoms with Gasteiger partial charge in [0.15, 0.2) is 0 Å². The zero-order valence-corrected chi connectivity index (χ0v) is 20.0. The summed E-state index contributed by atoms with van der Waals surface area (Å²) in [5.41, 5.74) is 1.03. The van der Waals surface area contributed by atoms with E-state index in [0.29, 0.717) is 30.2 Å². The van der Waals surface area contributed by atoms with E-state index in [0.717, 1.165) is 16.5 Å². The number of amides is 1. The molecule has 1 aliphatic rings. The predicted molar refractivity (Wildman–Crippen MR) is 123 cm³/mol. The van der Waals surface area contributed by atoms with Gasteiger partial charge < -0.3 is 19.5 Å². The molecule has 2 heterocycles. The Hall–Kier alpha value is -2.54. The molecule has 1 aliphatic heterocycles. The van der Waals surface area contributed by atoms with Crippen molar-refractivity contribution in [2.24, 2.45) is 11.8 Å². The Bertz CT molecular complexity index is 1000. The fourth-order valence-corrected chi connectivity index (χ4v) is 4.89. The number of likely N-dealkylation sites (tertiary alicyclic amines) is 1. The molecule has 8 heteroatoms. The zero-order valence-electron chi connectivity index (χ0n) is 19.2. The smallest absolute Gasteiger partial charge is 0.410 e. The average molecular weight is 463 g/mol. The van der Waals surface area contributed by atoms with Crippen LogP contribution in [0.25, 0.3) is 10.9 Å². The molecule has 2 aromatic rings. The minimum Gasteiger partial charge on any atom is -0.497 e. The molecule has 1 amide bonds. The summed E-state index contributed by atoms with van der Waals surface area (Å²) in [5, 5.41) is 11.4. The largest absolute Gasteiger partial charge is 0.497 e. The van der Waals surface area contributed by atoms with Crippen LogP contribution >= 0.6 is 11.6 Å². The minimum atomic E-state index is -0.922. The molecule has 1 aromatic heterocycles. The van der Waals surface area contributed by atoms with E-state index in [9.17, 15) is 14.7 Å². The fourth-order valence-electron chi connectivity index (χ4n) is 4.60. The second kappa shape index (κ2) is 9.53. The number of methoxy groups -OCH3 is 1. The second-order valence-corrected chi connectivity index (χ2v) is 9.65. The number of halogens is 1. The van der Waals surface area contributed by atoms with Crippen molar-refractivity contribution < 1.29 is 24.2 Å². The lowest BCUT2D eigenvalue weighted by molar-refractivity contribution is -0.146. The van der Waals surface area contributed by atoms with Gasteiger partial charge in [0.05, 0.1) is 23.6 Å². The molecule has 1 N–H and O–H groups in total. The van der Waals surface area contributed by atoms with Crippen molar-refractivity contribution in [1.29, 1.82) is 0 Å². The maximum absolute atomic E-state index is 12.6. The molecule has 1 fully saturated rings. The first-order valence-corrected chi connectivity index (χ1v) is 11.3. The molecule has 32 heavy (non-hydrogen) atoms. The maximum Gasteiger partial charge on any atom is 0.410 e. The second-order valence-electron chi connectivity index (χ2n) is 9.24. The molecule has 0 spiro atoms. The van der Waals surface area contributed by atoms with Crippen molar-refractivity contribution in [2.75, 3.05) is 20.2 Å². The van der Waals surface area contributed by atoms with Crippen molar-refractivity contribution in [2.45, 2.75) is 52.1 Å². The molecule has 0 saturated carbocycles. The van der Waals surface area contributed by atoms with Crippen molar-refractivity contribution in [3.05, 3.63) is 35.0 Å². The van der Waals surface area contributed by atoms with Gasteiger partial charge in [-0.1, -0.05) is 18.5 Å². The summed E-state index contributed by atoms with van der Waals surface area (Å²) in [5.74, 6) is -1.26. The number of ether oxygens (including phenoxy) is 2. The molecule has 1 aromatic carbocycles. The van der Waals surface area contributed by atoms with Crippen molar-refractivity contribution in [3.63, 3.8) is 0 Å². The number of hydrogen-bond acceptors (Lipinski definition) is 5. The van der Waals surface area contributed by atoms with Gasteiger partial charge in [-0.3, -0.25) is 9.78 Å². The van der Waals surface area contributed by atoms with Gasteiger partial charge in [0.2, 0.25) is 0 Å². The number of hydrogen-bond donors (Lipinski definition) is 1. The molecule has 7 nitrogen and oxygen atoms in total. The lowest BCUT2D eigenvalue weighted by Gasteiger charge is -2.40. The first-order chi connectivity index (χ1) is 15.1. The van der Waals surface area contributed by atoms with Crippen LogP contribution in [-0.4, -0.2) is 52.9 Å². The molecule has 3 unspecified atom stereocenters. The third-order valence-corrected chi connectivity index (χ3v) is 6.33. The van der Waals surface area contributed by atoms with E-state index in [-0.39, 0.29) is 18.4 Å². The van der Waals surface area contributed by atoms with E-state index < -0.39 is 23.6 Å². The quantitative estimate of drug-likeness (QED) is 0.644. The van der Waals surface area contributed by atoms with Gasteiger partial charge in [0.25, 0.3) is 0 Å². The third-order valence-electron chi connectivity index (χ3n) is 6.03. The Balaban J connectivity index is 1.98. The Morgan fingerprint density at radius 2 is 2.06 bits per heavy atom. The molecule has 3 rings (SSSR count). The topological polar surface area (TPSA) is 89.0 Å². The first-order valence-electron chi connectivity index (χ1n) is 10.9. The number of carboxylic acids is 1. The number of aliphatic carboxylic acids is 1. The van der Waals surface area contributed by atoms with Crippen LogP contribution in [0.15, 0.2) is 24.4 Å². The monoisotopic (exact) mass is 462 g/mol. The Kier molecular flexibility index (Phi) is 7.18. The van der Waals surface area contributed by atoms with Gasteiger partial charge in [-0.2, -0.15) is 0 Å². The molecular formula is C24H31ClN2O5. The predicted octanol–water partition coefficient (Wildman–Crippen LogP) is 5.35. The number of nitrogens with zero attached hydrogens (tertiary/aromatic N) is 2. The summed E-state index contributed by atoms with van der Waals surface area (Å²) < 4.78 is 10.9. The summed E-state index contributed by atoms with van der Waals surface area (Å²) in [4.78, 5) is 30.8. The van der Waals surface area contributed by atoms with Crippen LogP contribution in [0.5, 0.6) is 5.75 Å². The number of aromatic nitrogens is 1. The average Bonchev–Trinajstić information content (AvgIpc) is 2.74. The van der Waals surface area contributed by atoms with E-state index in [1.54, 1.807) is 34.1 Å². The number of benzene rings is 1. The molecule has 174 valence electrons. The Morgan fingerprint density at radius 3 is 2.66 bits per heavy atom. The number of rotatable bonds is 5. The molecule has 0 bridgehead atoms. The molecule has 0 radical (unpaired) electrons. The zero-order chi connectivity index (χ0) is 23.6. The van der Waals surface area contributed by atoms with Gasteiger partial charge in [0.1, 0.15) is 11.4 Å². The first kappa shape index (κ1) is 24.1. The highest BCUT2D eigenvalue weighted by molar-refractivity contribution is 6.32. The SMILES string of the molecule is CCC(c1c(Cl)cnc2ccc(OC)cc12)C1CCN(C(=O)OC(C)(C)C)CC1C(=O)O. The highest BCUT2D eigenvalue weighted by Crippen LogP contribution is 2.44. The normalized spacial score (nSPS) is 20.1. The van der Waals surface area contributed by atoms with Crippen LogP contribution in [-0.2, 0) is 9.53 Å². The summed E-state index contributed by atoms with van der Waals surface area (Å²) in [6.07, 6.45) is 2.39. The summed E-state index contributed by atoms with van der Waals surface area (Å²) >= 11 is 6.64. The maximum atomic E-state index is 12.6. The summed E-state index contributed by atoms with van der Waals surface area (Å²) in [6.45, 7) is 7.96. The number of carbonyl (C=O) groups excluding carboxylic acids is 1. The number of pyridine rings is 1. The highest BCUT2D eigenvalue weighted by Gasteiger charge is 2.42. The van der Waals surface area contributed by atoms with Crippen LogP contribution in [0.4, 0.5) is 4.79 Å². The van der Waals surface area contributed by atoms with E-state index >= 15 is 0 Å². The molecule has 1 saturated heterocycles. The molecule has 3 atom stereocenters. The third kappa shape index (κ3) is 5.09. The van der Waals surface area contributed by atoms with Gasteiger partial charge in [-0.25, -0.2) is 4.79 Å². The van der Waals surface area contributed by atoms with Crippen LogP contribution in [0.2, 0.25) is 5.02 Å². The summed E-state index contributed by atoms with van der Waals surface area (Å²) in [6, 6.07) is 5.62. The standard InChI is InChI=1S/C24H31ClN2O5/c1-6-15(21-17-11-14(31-5)7-8-20(17)26-12-19(21)25)16-9-10-27(13-18(16)22(28)29)23(30)32-24(2,3)4/h7-8,11-12,15-16,18H,6,9-10,13H2,1-5H3,(H,28,29). The highest BCUT2D eigenvalue weighted by atomic mass is 35.5. The lowest BCUT2D eigenvalue weighted by atomic mass is 9.72. The van der Waals surface area contributed by atoms with E-state index in [2.05, 4.69) is 4.98 Å².